The van der Waals surface area contributed by atoms with Crippen molar-refractivity contribution in [1.82, 2.24) is 14.8 Å². The molecule has 0 saturated heterocycles. The Bertz CT molecular complexity index is 494. The van der Waals surface area contributed by atoms with Crippen LogP contribution >= 0.6 is 0 Å². The van der Waals surface area contributed by atoms with Gasteiger partial charge in [0.2, 0.25) is 0 Å². The smallest absolute Gasteiger partial charge is 0.149 e. The molecule has 0 spiro atoms. The second-order valence-corrected chi connectivity index (χ2v) is 3.14. The maximum atomic E-state index is 13.7. The molecule has 0 fully saturated rings. The van der Waals surface area contributed by atoms with Gasteiger partial charge in [-0.2, -0.15) is 5.10 Å². The van der Waals surface area contributed by atoms with E-state index in [1.165, 1.54) is 23.4 Å². The van der Waals surface area contributed by atoms with Crippen LogP contribution in [-0.4, -0.2) is 26.5 Å². The van der Waals surface area contributed by atoms with Gasteiger partial charge in [0.25, 0.3) is 0 Å². The van der Waals surface area contributed by atoms with E-state index in [1.54, 1.807) is 24.3 Å². The highest BCUT2D eigenvalue weighted by Crippen LogP contribution is 2.14. The van der Waals surface area contributed by atoms with Crippen molar-refractivity contribution >= 4 is 6.08 Å². The second-order valence-electron chi connectivity index (χ2n) is 3.14. The van der Waals surface area contributed by atoms with Crippen LogP contribution in [0.2, 0.25) is 0 Å². The van der Waals surface area contributed by atoms with Gasteiger partial charge in [-0.25, -0.2) is 14.1 Å². The van der Waals surface area contributed by atoms with Crippen LogP contribution in [0.25, 0.3) is 11.8 Å². The standard InChI is InChI=1S/C11H10FN3O/c12-10-6-9(2-1-5-16)3-4-11(10)15-8-13-7-14-15/h1-4,6-8,16H,5H2/b2-1+. The van der Waals surface area contributed by atoms with Gasteiger partial charge in [0, 0.05) is 0 Å². The molecule has 1 heterocycles. The summed E-state index contributed by atoms with van der Waals surface area (Å²) in [7, 11) is 0. The summed E-state index contributed by atoms with van der Waals surface area (Å²) in [4.78, 5) is 3.75. The molecule has 0 bridgehead atoms. The van der Waals surface area contributed by atoms with Gasteiger partial charge in [-0.1, -0.05) is 18.2 Å². The van der Waals surface area contributed by atoms with Gasteiger partial charge in [0.05, 0.1) is 6.61 Å². The lowest BCUT2D eigenvalue weighted by Gasteiger charge is -2.02. The predicted octanol–water partition coefficient (Wildman–Crippen LogP) is 1.41. The van der Waals surface area contributed by atoms with Crippen LogP contribution < -0.4 is 0 Å². The zero-order valence-electron chi connectivity index (χ0n) is 8.42. The Morgan fingerprint density at radius 1 is 1.44 bits per heavy atom. The van der Waals surface area contributed by atoms with Crippen molar-refractivity contribution in [2.75, 3.05) is 6.61 Å². The molecule has 16 heavy (non-hydrogen) atoms. The van der Waals surface area contributed by atoms with Crippen molar-refractivity contribution in [1.29, 1.82) is 0 Å². The fourth-order valence-corrected chi connectivity index (χ4v) is 1.33. The molecule has 4 nitrogen and oxygen atoms in total. The summed E-state index contributed by atoms with van der Waals surface area (Å²) in [6.45, 7) is -0.0630. The lowest BCUT2D eigenvalue weighted by molar-refractivity contribution is 0.343. The summed E-state index contributed by atoms with van der Waals surface area (Å²) in [6.07, 6.45) is 5.97. The van der Waals surface area contributed by atoms with Crippen LogP contribution in [-0.2, 0) is 0 Å². The molecule has 0 amide bonds. The summed E-state index contributed by atoms with van der Waals surface area (Å²) >= 11 is 0. The highest BCUT2D eigenvalue weighted by Gasteiger charge is 2.04. The average molecular weight is 219 g/mol. The van der Waals surface area contributed by atoms with E-state index < -0.39 is 0 Å². The van der Waals surface area contributed by atoms with E-state index in [-0.39, 0.29) is 12.4 Å². The van der Waals surface area contributed by atoms with Crippen LogP contribution in [0.1, 0.15) is 5.56 Å². The number of hydrogen-bond donors (Lipinski definition) is 1. The minimum Gasteiger partial charge on any atom is -0.392 e. The summed E-state index contributed by atoms with van der Waals surface area (Å²) in [5, 5.41) is 12.4. The van der Waals surface area contributed by atoms with E-state index in [0.717, 1.165) is 0 Å². The Morgan fingerprint density at radius 3 is 2.94 bits per heavy atom. The first-order chi connectivity index (χ1) is 7.81. The first-order valence-electron chi connectivity index (χ1n) is 4.73. The first-order valence-corrected chi connectivity index (χ1v) is 4.73. The Hall–Kier alpha value is -2.01. The van der Waals surface area contributed by atoms with E-state index in [0.29, 0.717) is 11.3 Å². The quantitative estimate of drug-likeness (QED) is 0.849. The van der Waals surface area contributed by atoms with Gasteiger partial charge >= 0.3 is 0 Å². The number of aliphatic hydroxyl groups is 1. The van der Waals surface area contributed by atoms with E-state index in [2.05, 4.69) is 10.1 Å². The molecule has 1 aromatic carbocycles. The number of benzene rings is 1. The van der Waals surface area contributed by atoms with Crippen molar-refractivity contribution in [3.63, 3.8) is 0 Å². The number of aromatic nitrogens is 3. The van der Waals surface area contributed by atoms with Crippen LogP contribution in [0.4, 0.5) is 4.39 Å². The molecular formula is C11H10FN3O. The molecule has 0 aliphatic carbocycles. The molecule has 2 rings (SSSR count). The molecule has 5 heteroatoms. The summed E-state index contributed by atoms with van der Waals surface area (Å²) in [5.74, 6) is -0.384. The molecule has 0 unspecified atom stereocenters. The van der Waals surface area contributed by atoms with E-state index in [9.17, 15) is 4.39 Å². The predicted molar refractivity (Wildman–Crippen MR) is 57.4 cm³/mol. The molecular weight excluding hydrogens is 209 g/mol. The monoisotopic (exact) mass is 219 g/mol. The van der Waals surface area contributed by atoms with Gasteiger partial charge in [-0.15, -0.1) is 0 Å². The number of aliphatic hydroxyl groups excluding tert-OH is 1. The Balaban J connectivity index is 2.34. The fourth-order valence-electron chi connectivity index (χ4n) is 1.33. The fraction of sp³-hybridized carbons (Fsp3) is 0.0909. The van der Waals surface area contributed by atoms with Gasteiger partial charge in [0.1, 0.15) is 24.2 Å². The third-order valence-electron chi connectivity index (χ3n) is 2.05. The van der Waals surface area contributed by atoms with Crippen LogP contribution in [0.5, 0.6) is 0 Å². The lowest BCUT2D eigenvalue weighted by atomic mass is 10.2. The second kappa shape index (κ2) is 4.67. The summed E-state index contributed by atoms with van der Waals surface area (Å²) in [6, 6.07) is 4.73. The van der Waals surface area contributed by atoms with Crippen molar-refractivity contribution in [2.45, 2.75) is 0 Å². The average Bonchev–Trinajstić information content (AvgIpc) is 2.80. The van der Waals surface area contributed by atoms with Crippen LogP contribution in [0.3, 0.4) is 0 Å². The van der Waals surface area contributed by atoms with Crippen LogP contribution in [0, 0.1) is 5.82 Å². The molecule has 1 aromatic heterocycles. The molecule has 0 radical (unpaired) electrons. The van der Waals surface area contributed by atoms with Crippen LogP contribution in [0.15, 0.2) is 36.9 Å². The molecule has 0 aliphatic rings. The summed E-state index contributed by atoms with van der Waals surface area (Å²) < 4.78 is 15.0. The van der Waals surface area contributed by atoms with Crippen molar-refractivity contribution in [3.8, 4) is 5.69 Å². The maximum Gasteiger partial charge on any atom is 0.149 e. The Morgan fingerprint density at radius 2 is 2.31 bits per heavy atom. The highest BCUT2D eigenvalue weighted by atomic mass is 19.1. The van der Waals surface area contributed by atoms with E-state index in [4.69, 9.17) is 5.11 Å². The van der Waals surface area contributed by atoms with Crippen molar-refractivity contribution in [2.24, 2.45) is 0 Å². The van der Waals surface area contributed by atoms with Gasteiger partial charge in [0.15, 0.2) is 0 Å². The maximum absolute atomic E-state index is 13.7. The normalized spacial score (nSPS) is 11.1. The highest BCUT2D eigenvalue weighted by molar-refractivity contribution is 5.52. The Kier molecular flexibility index (Phi) is 3.07. The zero-order valence-corrected chi connectivity index (χ0v) is 8.42. The van der Waals surface area contributed by atoms with E-state index in [1.807, 2.05) is 0 Å². The number of hydrogen-bond acceptors (Lipinski definition) is 3. The molecule has 0 aliphatic heterocycles. The third kappa shape index (κ3) is 2.14. The molecule has 0 saturated carbocycles. The van der Waals surface area contributed by atoms with Gasteiger partial charge in [-0.3, -0.25) is 0 Å². The van der Waals surface area contributed by atoms with Crippen molar-refractivity contribution < 1.29 is 9.50 Å². The minimum absolute atomic E-state index is 0.0630. The molecule has 1 N–H and O–H groups in total. The number of rotatable bonds is 3. The minimum atomic E-state index is -0.384. The molecule has 82 valence electrons. The largest absolute Gasteiger partial charge is 0.392 e. The zero-order chi connectivity index (χ0) is 11.4. The topological polar surface area (TPSA) is 50.9 Å². The Labute approximate surface area is 91.7 Å². The lowest BCUT2D eigenvalue weighted by Crippen LogP contribution is -1.98. The summed E-state index contributed by atoms with van der Waals surface area (Å²) in [5.41, 5.74) is 1.04. The third-order valence-corrected chi connectivity index (χ3v) is 2.05. The first kappa shape index (κ1) is 10.5. The number of nitrogens with zero attached hydrogens (tertiary/aromatic N) is 3. The van der Waals surface area contributed by atoms with Gasteiger partial charge in [-0.05, 0) is 17.7 Å². The number of halogens is 1. The molecule has 2 aromatic rings. The van der Waals surface area contributed by atoms with Gasteiger partial charge < -0.3 is 5.11 Å². The van der Waals surface area contributed by atoms with Crippen molar-refractivity contribution in [3.05, 3.63) is 48.3 Å². The van der Waals surface area contributed by atoms with E-state index >= 15 is 0 Å². The SMILES string of the molecule is OC/C=C/c1ccc(-n2cncn2)c(F)c1. The molecule has 0 atom stereocenters.